The number of aryl methyl sites for hydroxylation is 2. The maximum atomic E-state index is 11.5. The van der Waals surface area contributed by atoms with Gasteiger partial charge in [-0.05, 0) is 51.5 Å². The monoisotopic (exact) mass is 358 g/mol. The van der Waals surface area contributed by atoms with Crippen LogP contribution in [0, 0.1) is 6.92 Å². The lowest BCUT2D eigenvalue weighted by Crippen LogP contribution is -2.05. The minimum Gasteiger partial charge on any atom is -0.491 e. The van der Waals surface area contributed by atoms with Crippen molar-refractivity contribution in [3.8, 4) is 17.0 Å². The van der Waals surface area contributed by atoms with Gasteiger partial charge in [0.05, 0.1) is 11.8 Å². The van der Waals surface area contributed by atoms with Crippen molar-refractivity contribution in [3.05, 3.63) is 40.5 Å². The van der Waals surface area contributed by atoms with E-state index in [2.05, 4.69) is 6.92 Å². The van der Waals surface area contributed by atoms with E-state index in [0.29, 0.717) is 4.88 Å². The minimum atomic E-state index is -0.880. The quantitative estimate of drug-likeness (QED) is 0.687. The Kier molecular flexibility index (Phi) is 4.81. The van der Waals surface area contributed by atoms with Gasteiger partial charge >= 0.3 is 5.97 Å². The van der Waals surface area contributed by atoms with Gasteiger partial charge in [-0.3, -0.25) is 4.40 Å². The number of aromatic carboxylic acids is 1. The van der Waals surface area contributed by atoms with Crippen molar-refractivity contribution in [1.82, 2.24) is 9.38 Å². The molecule has 132 valence electrons. The summed E-state index contributed by atoms with van der Waals surface area (Å²) in [5.74, 6) is -0.0488. The van der Waals surface area contributed by atoms with Crippen LogP contribution in [0.1, 0.15) is 48.3 Å². The highest BCUT2D eigenvalue weighted by molar-refractivity contribution is 7.19. The Hall–Kier alpha value is -2.34. The standard InChI is InChI=1S/C19H22N2O3S/c1-5-6-15-17(18(22)23)25-19-20-16(12(4)21(15)19)13-7-9-14(10-8-13)24-11(2)3/h7-11H,5-6H2,1-4H3,(H,22,23). The van der Waals surface area contributed by atoms with Crippen LogP contribution in [0.15, 0.2) is 24.3 Å². The highest BCUT2D eigenvalue weighted by Crippen LogP contribution is 2.32. The fraction of sp³-hybridized carbons (Fsp3) is 0.368. The fourth-order valence-corrected chi connectivity index (χ4v) is 4.04. The summed E-state index contributed by atoms with van der Waals surface area (Å²) in [4.78, 5) is 17.3. The molecule has 1 aromatic carbocycles. The largest absolute Gasteiger partial charge is 0.491 e. The van der Waals surface area contributed by atoms with Crippen LogP contribution in [-0.4, -0.2) is 26.6 Å². The molecule has 0 radical (unpaired) electrons. The van der Waals surface area contributed by atoms with E-state index >= 15 is 0 Å². The number of thiazole rings is 1. The smallest absolute Gasteiger partial charge is 0.347 e. The van der Waals surface area contributed by atoms with Gasteiger partial charge in [0.2, 0.25) is 0 Å². The van der Waals surface area contributed by atoms with Gasteiger partial charge in [-0.15, -0.1) is 0 Å². The zero-order valence-electron chi connectivity index (χ0n) is 14.9. The molecule has 6 heteroatoms. The van der Waals surface area contributed by atoms with Gasteiger partial charge in [0, 0.05) is 17.0 Å². The van der Waals surface area contributed by atoms with Crippen LogP contribution in [0.3, 0.4) is 0 Å². The number of ether oxygens (including phenoxy) is 1. The number of nitrogens with zero attached hydrogens (tertiary/aromatic N) is 2. The molecule has 0 aliphatic heterocycles. The normalized spacial score (nSPS) is 11.4. The summed E-state index contributed by atoms with van der Waals surface area (Å²) in [5.41, 5.74) is 3.70. The maximum Gasteiger partial charge on any atom is 0.347 e. The Morgan fingerprint density at radius 1 is 1.32 bits per heavy atom. The van der Waals surface area contributed by atoms with Crippen LogP contribution in [0.25, 0.3) is 16.2 Å². The first-order valence-electron chi connectivity index (χ1n) is 8.43. The van der Waals surface area contributed by atoms with Crippen LogP contribution in [-0.2, 0) is 6.42 Å². The van der Waals surface area contributed by atoms with E-state index in [4.69, 9.17) is 9.72 Å². The average molecular weight is 358 g/mol. The third kappa shape index (κ3) is 3.26. The molecular formula is C19H22N2O3S. The number of carboxylic acids is 1. The third-order valence-corrected chi connectivity index (χ3v) is 5.05. The van der Waals surface area contributed by atoms with Gasteiger partial charge in [0.25, 0.3) is 0 Å². The number of imidazole rings is 1. The molecule has 3 aromatic rings. The van der Waals surface area contributed by atoms with Crippen molar-refractivity contribution in [2.24, 2.45) is 0 Å². The number of benzene rings is 1. The number of carbonyl (C=O) groups is 1. The van der Waals surface area contributed by atoms with Gasteiger partial charge in [-0.1, -0.05) is 24.7 Å². The van der Waals surface area contributed by atoms with E-state index in [1.54, 1.807) is 0 Å². The predicted molar refractivity (Wildman–Crippen MR) is 100.0 cm³/mol. The zero-order chi connectivity index (χ0) is 18.1. The van der Waals surface area contributed by atoms with Crippen molar-refractivity contribution < 1.29 is 14.6 Å². The number of hydrogen-bond donors (Lipinski definition) is 1. The van der Waals surface area contributed by atoms with E-state index in [9.17, 15) is 9.90 Å². The van der Waals surface area contributed by atoms with E-state index in [-0.39, 0.29) is 6.10 Å². The van der Waals surface area contributed by atoms with Gasteiger partial charge in [-0.25, -0.2) is 9.78 Å². The zero-order valence-corrected chi connectivity index (χ0v) is 15.7. The van der Waals surface area contributed by atoms with Gasteiger partial charge in [-0.2, -0.15) is 0 Å². The summed E-state index contributed by atoms with van der Waals surface area (Å²) in [6.07, 6.45) is 1.75. The average Bonchev–Trinajstić information content (AvgIpc) is 3.06. The van der Waals surface area contributed by atoms with Gasteiger partial charge in [0.1, 0.15) is 10.6 Å². The topological polar surface area (TPSA) is 63.8 Å². The first-order chi connectivity index (χ1) is 11.9. The number of carboxylic acid groups (broad SMARTS) is 1. The summed E-state index contributed by atoms with van der Waals surface area (Å²) in [6, 6.07) is 7.87. The molecule has 25 heavy (non-hydrogen) atoms. The lowest BCUT2D eigenvalue weighted by Gasteiger charge is -2.10. The maximum absolute atomic E-state index is 11.5. The SMILES string of the molecule is CCCc1c(C(=O)O)sc2nc(-c3ccc(OC(C)C)cc3)c(C)n12. The summed E-state index contributed by atoms with van der Waals surface area (Å²) in [6.45, 7) is 8.04. The Balaban J connectivity index is 2.06. The van der Waals surface area contributed by atoms with E-state index < -0.39 is 5.97 Å². The summed E-state index contributed by atoms with van der Waals surface area (Å²) in [5, 5.41) is 9.45. The van der Waals surface area contributed by atoms with E-state index in [1.807, 2.05) is 49.4 Å². The second-order valence-electron chi connectivity index (χ2n) is 6.29. The molecule has 5 nitrogen and oxygen atoms in total. The van der Waals surface area contributed by atoms with Crippen molar-refractivity contribution >= 4 is 22.3 Å². The molecule has 0 spiro atoms. The van der Waals surface area contributed by atoms with Crippen molar-refractivity contribution in [2.45, 2.75) is 46.6 Å². The number of rotatable bonds is 6. The Bertz CT molecular complexity index is 907. The molecule has 0 amide bonds. The second-order valence-corrected chi connectivity index (χ2v) is 7.27. The first-order valence-corrected chi connectivity index (χ1v) is 9.25. The van der Waals surface area contributed by atoms with Crippen LogP contribution >= 0.6 is 11.3 Å². The van der Waals surface area contributed by atoms with Crippen molar-refractivity contribution in [3.63, 3.8) is 0 Å². The molecule has 2 aromatic heterocycles. The Morgan fingerprint density at radius 2 is 2.00 bits per heavy atom. The molecule has 0 atom stereocenters. The molecule has 1 N–H and O–H groups in total. The van der Waals surface area contributed by atoms with Crippen molar-refractivity contribution in [2.75, 3.05) is 0 Å². The Morgan fingerprint density at radius 3 is 2.56 bits per heavy atom. The molecule has 2 heterocycles. The molecule has 0 aliphatic carbocycles. The van der Waals surface area contributed by atoms with E-state index in [0.717, 1.165) is 46.2 Å². The predicted octanol–water partition coefficient (Wildman–Crippen LogP) is 4.81. The van der Waals surface area contributed by atoms with Crippen molar-refractivity contribution in [1.29, 1.82) is 0 Å². The highest BCUT2D eigenvalue weighted by Gasteiger charge is 2.22. The molecule has 0 fully saturated rings. The lowest BCUT2D eigenvalue weighted by atomic mass is 10.1. The second kappa shape index (κ2) is 6.88. The molecule has 0 saturated carbocycles. The first kappa shape index (κ1) is 17.5. The van der Waals surface area contributed by atoms with Gasteiger partial charge < -0.3 is 9.84 Å². The highest BCUT2D eigenvalue weighted by atomic mass is 32.1. The lowest BCUT2D eigenvalue weighted by molar-refractivity contribution is 0.0700. The molecule has 0 aliphatic rings. The number of aromatic nitrogens is 2. The minimum absolute atomic E-state index is 0.136. The van der Waals surface area contributed by atoms with E-state index in [1.165, 1.54) is 11.3 Å². The molecule has 0 saturated heterocycles. The van der Waals surface area contributed by atoms with Crippen LogP contribution in [0.5, 0.6) is 5.75 Å². The van der Waals surface area contributed by atoms with Gasteiger partial charge in [0.15, 0.2) is 4.96 Å². The number of fused-ring (bicyclic) bond motifs is 1. The summed E-state index contributed by atoms with van der Waals surface area (Å²) < 4.78 is 7.68. The molecule has 3 rings (SSSR count). The molecular weight excluding hydrogens is 336 g/mol. The summed E-state index contributed by atoms with van der Waals surface area (Å²) in [7, 11) is 0. The molecule has 0 unspecified atom stereocenters. The van der Waals surface area contributed by atoms with Crippen LogP contribution in [0.4, 0.5) is 0 Å². The fourth-order valence-electron chi connectivity index (χ4n) is 2.98. The Labute approximate surface area is 150 Å². The number of hydrogen-bond acceptors (Lipinski definition) is 4. The third-order valence-electron chi connectivity index (χ3n) is 3.98. The summed E-state index contributed by atoms with van der Waals surface area (Å²) >= 11 is 1.24. The van der Waals surface area contributed by atoms with Crippen LogP contribution in [0.2, 0.25) is 0 Å². The molecule has 0 bridgehead atoms. The van der Waals surface area contributed by atoms with Crippen LogP contribution < -0.4 is 4.74 Å².